The van der Waals surface area contributed by atoms with Gasteiger partial charge in [0, 0.05) is 6.54 Å². The van der Waals surface area contributed by atoms with Crippen LogP contribution in [0.4, 0.5) is 0 Å². The van der Waals surface area contributed by atoms with Gasteiger partial charge in [0.15, 0.2) is 0 Å². The summed E-state index contributed by atoms with van der Waals surface area (Å²) in [7, 11) is 0. The summed E-state index contributed by atoms with van der Waals surface area (Å²) in [6.07, 6.45) is 4.56. The molecule has 0 aliphatic carbocycles. The molecule has 0 saturated carbocycles. The number of benzene rings is 2. The standard InChI is InChI=1S/C22H17N3O3/c23-13-15-6-4-14(5-7-15)11-16-3-1-2-10-25-20(16)24-19-12-17(22(27)28)8-9-18(19)21(25)26/h4-9,11-12H,1-3,10H2,(H,27,28)/b16-11-. The van der Waals surface area contributed by atoms with Crippen LogP contribution in [0.1, 0.15) is 46.6 Å². The zero-order valence-electron chi connectivity index (χ0n) is 15.1. The Balaban J connectivity index is 1.91. The summed E-state index contributed by atoms with van der Waals surface area (Å²) in [4.78, 5) is 29.0. The van der Waals surface area contributed by atoms with Gasteiger partial charge in [-0.15, -0.1) is 0 Å². The van der Waals surface area contributed by atoms with Crippen molar-refractivity contribution < 1.29 is 9.90 Å². The Morgan fingerprint density at radius 1 is 1.18 bits per heavy atom. The Morgan fingerprint density at radius 2 is 1.96 bits per heavy atom. The largest absolute Gasteiger partial charge is 0.478 e. The SMILES string of the molecule is N#Cc1ccc(/C=C2/CCCCn3c2nc2cc(C(=O)O)ccc2c3=O)cc1. The number of rotatable bonds is 2. The second-order valence-electron chi connectivity index (χ2n) is 6.79. The fourth-order valence-corrected chi connectivity index (χ4v) is 3.50. The van der Waals surface area contributed by atoms with Crippen molar-refractivity contribution in [2.24, 2.45) is 0 Å². The number of nitrogens with zero attached hydrogens (tertiary/aromatic N) is 3. The molecule has 0 fully saturated rings. The van der Waals surface area contributed by atoms with E-state index in [0.717, 1.165) is 30.4 Å². The van der Waals surface area contributed by atoms with Crippen molar-refractivity contribution in [3.05, 3.63) is 75.3 Å². The Bertz CT molecular complexity index is 1210. The van der Waals surface area contributed by atoms with E-state index in [-0.39, 0.29) is 11.1 Å². The van der Waals surface area contributed by atoms with E-state index in [4.69, 9.17) is 5.26 Å². The van der Waals surface area contributed by atoms with Crippen LogP contribution in [0.15, 0.2) is 47.3 Å². The van der Waals surface area contributed by atoms with Crippen LogP contribution in [0.25, 0.3) is 22.6 Å². The summed E-state index contributed by atoms with van der Waals surface area (Å²) in [6.45, 7) is 0.586. The Kier molecular flexibility index (Phi) is 4.50. The summed E-state index contributed by atoms with van der Waals surface area (Å²) < 4.78 is 1.69. The highest BCUT2D eigenvalue weighted by atomic mass is 16.4. The van der Waals surface area contributed by atoms with Gasteiger partial charge in [0.1, 0.15) is 5.82 Å². The van der Waals surface area contributed by atoms with Crippen LogP contribution in [0.3, 0.4) is 0 Å². The molecule has 2 aromatic carbocycles. The van der Waals surface area contributed by atoms with Crippen molar-refractivity contribution >= 4 is 28.5 Å². The Morgan fingerprint density at radius 3 is 2.68 bits per heavy atom. The summed E-state index contributed by atoms with van der Waals surface area (Å²) >= 11 is 0. The van der Waals surface area contributed by atoms with Gasteiger partial charge in [-0.25, -0.2) is 9.78 Å². The number of allylic oxidation sites excluding steroid dienone is 1. The molecule has 6 nitrogen and oxygen atoms in total. The normalized spacial score (nSPS) is 15.0. The molecular weight excluding hydrogens is 354 g/mol. The van der Waals surface area contributed by atoms with Crippen LogP contribution >= 0.6 is 0 Å². The minimum atomic E-state index is -1.05. The predicted molar refractivity (Wildman–Crippen MR) is 106 cm³/mol. The smallest absolute Gasteiger partial charge is 0.335 e. The molecule has 0 radical (unpaired) electrons. The van der Waals surface area contributed by atoms with E-state index < -0.39 is 5.97 Å². The van der Waals surface area contributed by atoms with E-state index in [2.05, 4.69) is 11.1 Å². The van der Waals surface area contributed by atoms with E-state index in [9.17, 15) is 14.7 Å². The number of fused-ring (bicyclic) bond motifs is 2. The number of hydrogen-bond acceptors (Lipinski definition) is 4. The lowest BCUT2D eigenvalue weighted by atomic mass is 10.0. The van der Waals surface area contributed by atoms with Crippen molar-refractivity contribution in [2.75, 3.05) is 0 Å². The third-order valence-corrected chi connectivity index (χ3v) is 4.95. The number of carboxylic acid groups (broad SMARTS) is 1. The lowest BCUT2D eigenvalue weighted by Gasteiger charge is -2.12. The molecule has 0 saturated heterocycles. The molecule has 1 aliphatic heterocycles. The number of hydrogen-bond donors (Lipinski definition) is 1. The quantitative estimate of drug-likeness (QED) is 0.741. The Hall–Kier alpha value is -3.72. The van der Waals surface area contributed by atoms with Crippen LogP contribution < -0.4 is 5.56 Å². The summed E-state index contributed by atoms with van der Waals surface area (Å²) in [5, 5.41) is 18.6. The second-order valence-corrected chi connectivity index (χ2v) is 6.79. The summed E-state index contributed by atoms with van der Waals surface area (Å²) in [6, 6.07) is 13.8. The first-order valence-electron chi connectivity index (χ1n) is 9.06. The molecule has 0 unspecified atom stereocenters. The maximum Gasteiger partial charge on any atom is 0.335 e. The number of carboxylic acids is 1. The van der Waals surface area contributed by atoms with Gasteiger partial charge in [-0.2, -0.15) is 5.26 Å². The minimum Gasteiger partial charge on any atom is -0.478 e. The number of carbonyl (C=O) groups is 1. The van der Waals surface area contributed by atoms with Gasteiger partial charge in [0.2, 0.25) is 0 Å². The van der Waals surface area contributed by atoms with E-state index >= 15 is 0 Å². The number of aromatic carboxylic acids is 1. The van der Waals surface area contributed by atoms with Crippen molar-refractivity contribution in [1.82, 2.24) is 9.55 Å². The highest BCUT2D eigenvalue weighted by Crippen LogP contribution is 2.27. The van der Waals surface area contributed by atoms with Crippen molar-refractivity contribution in [3.8, 4) is 6.07 Å². The maximum atomic E-state index is 13.0. The molecule has 0 amide bonds. The topological polar surface area (TPSA) is 96.0 Å². The highest BCUT2D eigenvalue weighted by Gasteiger charge is 2.18. The molecule has 1 aromatic heterocycles. The van der Waals surface area contributed by atoms with Gasteiger partial charge in [-0.05, 0) is 66.8 Å². The van der Waals surface area contributed by atoms with Gasteiger partial charge in [0.25, 0.3) is 5.56 Å². The van der Waals surface area contributed by atoms with Crippen LogP contribution in [0.5, 0.6) is 0 Å². The molecule has 28 heavy (non-hydrogen) atoms. The molecule has 0 atom stereocenters. The van der Waals surface area contributed by atoms with Crippen molar-refractivity contribution in [1.29, 1.82) is 5.26 Å². The average molecular weight is 371 g/mol. The van der Waals surface area contributed by atoms with Gasteiger partial charge >= 0.3 is 5.97 Å². The maximum absolute atomic E-state index is 13.0. The summed E-state index contributed by atoms with van der Waals surface area (Å²) in [5.41, 5.74) is 2.80. The minimum absolute atomic E-state index is 0.107. The highest BCUT2D eigenvalue weighted by molar-refractivity contribution is 5.93. The molecule has 0 spiro atoms. The van der Waals surface area contributed by atoms with Crippen LogP contribution in [-0.2, 0) is 6.54 Å². The zero-order valence-corrected chi connectivity index (χ0v) is 15.1. The number of nitriles is 1. The van der Waals surface area contributed by atoms with Crippen LogP contribution in [-0.4, -0.2) is 20.6 Å². The summed E-state index contributed by atoms with van der Waals surface area (Å²) in [5.74, 6) is -0.464. The third-order valence-electron chi connectivity index (χ3n) is 4.95. The third kappa shape index (κ3) is 3.19. The van der Waals surface area contributed by atoms with Crippen molar-refractivity contribution in [2.45, 2.75) is 25.8 Å². The zero-order chi connectivity index (χ0) is 19.7. The van der Waals surface area contributed by atoms with Crippen LogP contribution in [0, 0.1) is 11.3 Å². The average Bonchev–Trinajstić information content (AvgIpc) is 2.91. The van der Waals surface area contributed by atoms with E-state index in [1.165, 1.54) is 18.2 Å². The second kappa shape index (κ2) is 7.12. The predicted octanol–water partition coefficient (Wildman–Crippen LogP) is 3.69. The molecule has 0 bridgehead atoms. The van der Waals surface area contributed by atoms with Gasteiger partial charge in [-0.3, -0.25) is 9.36 Å². The lowest BCUT2D eigenvalue weighted by Crippen LogP contribution is -2.24. The van der Waals surface area contributed by atoms with E-state index in [1.807, 2.05) is 18.2 Å². The molecule has 138 valence electrons. The molecule has 2 heterocycles. The fourth-order valence-electron chi connectivity index (χ4n) is 3.50. The monoisotopic (exact) mass is 371 g/mol. The molecule has 1 aliphatic rings. The molecule has 6 heteroatoms. The van der Waals surface area contributed by atoms with E-state index in [1.54, 1.807) is 16.7 Å². The van der Waals surface area contributed by atoms with E-state index in [0.29, 0.717) is 28.8 Å². The molecule has 1 N–H and O–H groups in total. The molecule has 3 aromatic rings. The fraction of sp³-hybridized carbons (Fsp3) is 0.182. The Labute approximate surface area is 161 Å². The lowest BCUT2D eigenvalue weighted by molar-refractivity contribution is 0.0697. The van der Waals surface area contributed by atoms with Crippen molar-refractivity contribution in [3.63, 3.8) is 0 Å². The van der Waals surface area contributed by atoms with Gasteiger partial charge in [-0.1, -0.05) is 12.1 Å². The number of aromatic nitrogens is 2. The first-order chi connectivity index (χ1) is 13.6. The molecule has 4 rings (SSSR count). The van der Waals surface area contributed by atoms with Gasteiger partial charge < -0.3 is 5.11 Å². The molecular formula is C22H17N3O3. The van der Waals surface area contributed by atoms with Gasteiger partial charge in [0.05, 0.1) is 28.1 Å². The van der Waals surface area contributed by atoms with Crippen LogP contribution in [0.2, 0.25) is 0 Å². The first kappa shape index (κ1) is 17.7. The first-order valence-corrected chi connectivity index (χ1v) is 9.06.